The highest BCUT2D eigenvalue weighted by atomic mass is 31.2. The van der Waals surface area contributed by atoms with Crippen LogP contribution < -0.4 is 11.1 Å². The van der Waals surface area contributed by atoms with Gasteiger partial charge < -0.3 is 35.8 Å². The Morgan fingerprint density at radius 3 is 2.79 bits per heavy atom. The molecule has 0 aliphatic carbocycles. The van der Waals surface area contributed by atoms with Gasteiger partial charge >= 0.3 is 7.82 Å². The number of hydrogen-bond donors (Lipinski definition) is 6. The summed E-state index contributed by atoms with van der Waals surface area (Å²) in [5.74, 6) is 0.423. The standard InChI is InChI=1S/C14H23N6O7P/c1-2-3-4-16-14-18-11(15)8-12(19-14)20(6-17-8)13-10(22)9(21)7(27-13)5-26-28(23,24)25/h6-7,9-10,13,21-22H,2-5H2,1H3,(H2,23,24,25)(H3,15,16,18,19)/t7-,9-,10-,13?/m1/s1. The number of aromatic nitrogens is 4. The average molecular weight is 418 g/mol. The third kappa shape index (κ3) is 4.41. The minimum atomic E-state index is -4.75. The number of imidazole rings is 1. The van der Waals surface area contributed by atoms with Gasteiger partial charge in [0.05, 0.1) is 12.9 Å². The molecule has 0 amide bonds. The van der Waals surface area contributed by atoms with Crippen molar-refractivity contribution in [2.45, 2.75) is 44.3 Å². The molecule has 0 saturated carbocycles. The van der Waals surface area contributed by atoms with E-state index in [4.69, 9.17) is 20.3 Å². The highest BCUT2D eigenvalue weighted by Crippen LogP contribution is 2.39. The Labute approximate surface area is 159 Å². The van der Waals surface area contributed by atoms with E-state index >= 15 is 0 Å². The van der Waals surface area contributed by atoms with Crippen molar-refractivity contribution >= 4 is 30.8 Å². The smallest absolute Gasteiger partial charge is 0.387 e. The topological polar surface area (TPSA) is 198 Å². The average Bonchev–Trinajstić information content (AvgIpc) is 3.15. The second-order valence-corrected chi connectivity index (χ2v) is 7.61. The predicted octanol–water partition coefficient (Wildman–Crippen LogP) is -0.651. The van der Waals surface area contributed by atoms with Gasteiger partial charge in [0.25, 0.3) is 0 Å². The quantitative estimate of drug-likeness (QED) is 0.234. The van der Waals surface area contributed by atoms with Crippen molar-refractivity contribution in [1.29, 1.82) is 0 Å². The van der Waals surface area contributed by atoms with Gasteiger partial charge in [-0.15, -0.1) is 0 Å². The molecule has 0 spiro atoms. The van der Waals surface area contributed by atoms with Crippen molar-refractivity contribution in [2.24, 2.45) is 0 Å². The zero-order valence-electron chi connectivity index (χ0n) is 15.0. The largest absolute Gasteiger partial charge is 0.469 e. The molecule has 1 aliphatic heterocycles. The van der Waals surface area contributed by atoms with E-state index < -0.39 is 39.0 Å². The van der Waals surface area contributed by atoms with Gasteiger partial charge in [-0.2, -0.15) is 9.97 Å². The van der Waals surface area contributed by atoms with E-state index in [2.05, 4.69) is 24.8 Å². The van der Waals surface area contributed by atoms with Crippen molar-refractivity contribution in [1.82, 2.24) is 19.5 Å². The number of unbranched alkanes of at least 4 members (excludes halogenated alkanes) is 1. The summed E-state index contributed by atoms with van der Waals surface area (Å²) in [5.41, 5.74) is 6.50. The van der Waals surface area contributed by atoms with E-state index in [1.165, 1.54) is 10.9 Å². The van der Waals surface area contributed by atoms with Gasteiger partial charge in [0.15, 0.2) is 17.7 Å². The molecule has 1 fully saturated rings. The third-order valence-corrected chi connectivity index (χ3v) is 4.77. The van der Waals surface area contributed by atoms with Crippen LogP contribution in [0.1, 0.15) is 26.0 Å². The van der Waals surface area contributed by atoms with Gasteiger partial charge in [-0.1, -0.05) is 13.3 Å². The van der Waals surface area contributed by atoms with Crippen LogP contribution >= 0.6 is 7.82 Å². The summed E-state index contributed by atoms with van der Waals surface area (Å²) >= 11 is 0. The lowest BCUT2D eigenvalue weighted by molar-refractivity contribution is -0.0503. The van der Waals surface area contributed by atoms with Crippen LogP contribution in [0, 0.1) is 0 Å². The zero-order valence-corrected chi connectivity index (χ0v) is 15.9. The number of phosphoric ester groups is 1. The maximum absolute atomic E-state index is 10.9. The first-order chi connectivity index (χ1) is 13.2. The maximum Gasteiger partial charge on any atom is 0.469 e. The molecule has 3 rings (SSSR count). The molecule has 3 heterocycles. The Bertz CT molecular complexity index is 873. The van der Waals surface area contributed by atoms with Gasteiger partial charge in [0.1, 0.15) is 23.8 Å². The first-order valence-corrected chi connectivity index (χ1v) is 10.2. The number of fused-ring (bicyclic) bond motifs is 1. The number of nitrogen functional groups attached to an aromatic ring is 1. The molecule has 28 heavy (non-hydrogen) atoms. The molecule has 13 nitrogen and oxygen atoms in total. The first-order valence-electron chi connectivity index (χ1n) is 8.67. The highest BCUT2D eigenvalue weighted by molar-refractivity contribution is 7.46. The number of ether oxygens (including phenoxy) is 1. The summed E-state index contributed by atoms with van der Waals surface area (Å²) in [6.07, 6.45) is -1.88. The fourth-order valence-corrected chi connectivity index (χ4v) is 3.19. The molecule has 0 aromatic carbocycles. The number of anilines is 2. The lowest BCUT2D eigenvalue weighted by atomic mass is 10.1. The van der Waals surface area contributed by atoms with Crippen LogP contribution in [0.4, 0.5) is 11.8 Å². The number of phosphoric acid groups is 1. The van der Waals surface area contributed by atoms with Crippen molar-refractivity contribution < 1.29 is 33.8 Å². The number of nitrogens with zero attached hydrogens (tertiary/aromatic N) is 4. The van der Waals surface area contributed by atoms with Crippen LogP contribution in [-0.2, 0) is 13.8 Å². The normalized spacial score (nSPS) is 25.5. The van der Waals surface area contributed by atoms with Crippen molar-refractivity contribution in [2.75, 3.05) is 24.2 Å². The summed E-state index contributed by atoms with van der Waals surface area (Å²) in [6, 6.07) is 0. The minimum Gasteiger partial charge on any atom is -0.387 e. The number of nitrogens with one attached hydrogen (secondary N) is 1. The van der Waals surface area contributed by atoms with Crippen molar-refractivity contribution in [3.63, 3.8) is 0 Å². The summed E-state index contributed by atoms with van der Waals surface area (Å²) in [7, 11) is -4.75. The number of rotatable bonds is 8. The Morgan fingerprint density at radius 1 is 1.36 bits per heavy atom. The SMILES string of the molecule is CCCCNc1nc(N)c2ncn(C3O[C@H](COP(=O)(O)O)[C@@H](O)[C@H]3O)c2n1. The Kier molecular flexibility index (Phi) is 6.15. The van der Waals surface area contributed by atoms with Crippen molar-refractivity contribution in [3.8, 4) is 0 Å². The van der Waals surface area contributed by atoms with Gasteiger partial charge in [-0.05, 0) is 6.42 Å². The number of nitrogens with two attached hydrogens (primary N) is 1. The molecular weight excluding hydrogens is 395 g/mol. The molecule has 0 radical (unpaired) electrons. The predicted molar refractivity (Wildman–Crippen MR) is 97.1 cm³/mol. The second-order valence-electron chi connectivity index (χ2n) is 6.37. The van der Waals surface area contributed by atoms with E-state index in [1.807, 2.05) is 6.92 Å². The summed E-state index contributed by atoms with van der Waals surface area (Å²) < 4.78 is 22.2. The molecule has 4 atom stereocenters. The van der Waals surface area contributed by atoms with Crippen LogP contribution in [0.15, 0.2) is 6.33 Å². The van der Waals surface area contributed by atoms with Crippen LogP contribution in [0.2, 0.25) is 0 Å². The van der Waals surface area contributed by atoms with Crippen LogP contribution in [0.3, 0.4) is 0 Å². The monoisotopic (exact) mass is 418 g/mol. The summed E-state index contributed by atoms with van der Waals surface area (Å²) in [6.45, 7) is 2.09. The van der Waals surface area contributed by atoms with E-state index in [1.54, 1.807) is 0 Å². The molecule has 2 aromatic rings. The van der Waals surface area contributed by atoms with Gasteiger partial charge in [-0.3, -0.25) is 9.09 Å². The van der Waals surface area contributed by atoms with Crippen molar-refractivity contribution in [3.05, 3.63) is 6.33 Å². The first kappa shape index (κ1) is 20.9. The Morgan fingerprint density at radius 2 is 2.11 bits per heavy atom. The van der Waals surface area contributed by atoms with Gasteiger partial charge in [0.2, 0.25) is 5.95 Å². The molecule has 14 heteroatoms. The van der Waals surface area contributed by atoms with E-state index in [0.29, 0.717) is 12.1 Å². The molecule has 2 aromatic heterocycles. The lowest BCUT2D eigenvalue weighted by Crippen LogP contribution is -2.33. The van der Waals surface area contributed by atoms with Crippen LogP contribution in [-0.4, -0.2) is 71.0 Å². The molecule has 1 aliphatic rings. The summed E-state index contributed by atoms with van der Waals surface area (Å²) in [4.78, 5) is 30.2. The number of aliphatic hydroxyl groups excluding tert-OH is 2. The highest BCUT2D eigenvalue weighted by Gasteiger charge is 2.45. The molecule has 1 unspecified atom stereocenters. The summed E-state index contributed by atoms with van der Waals surface area (Å²) in [5, 5.41) is 23.5. The molecule has 156 valence electrons. The lowest BCUT2D eigenvalue weighted by Gasteiger charge is -2.17. The molecule has 7 N–H and O–H groups in total. The van der Waals surface area contributed by atoms with E-state index in [9.17, 15) is 14.8 Å². The molecule has 0 bridgehead atoms. The zero-order chi connectivity index (χ0) is 20.5. The van der Waals surface area contributed by atoms with E-state index in [0.717, 1.165) is 12.8 Å². The van der Waals surface area contributed by atoms with Gasteiger partial charge in [-0.25, -0.2) is 9.55 Å². The second kappa shape index (κ2) is 8.25. The van der Waals surface area contributed by atoms with E-state index in [-0.39, 0.29) is 17.4 Å². The molecule has 1 saturated heterocycles. The third-order valence-electron chi connectivity index (χ3n) is 4.28. The Hall–Kier alpha value is -1.86. The van der Waals surface area contributed by atoms with Crippen LogP contribution in [0.25, 0.3) is 11.2 Å². The maximum atomic E-state index is 10.9. The molecular formula is C14H23N6O7P. The number of hydrogen-bond acceptors (Lipinski definition) is 10. The minimum absolute atomic E-state index is 0.136. The van der Waals surface area contributed by atoms with Gasteiger partial charge in [0, 0.05) is 6.54 Å². The number of aliphatic hydroxyl groups is 2. The fraction of sp³-hybridized carbons (Fsp3) is 0.643. The fourth-order valence-electron chi connectivity index (χ4n) is 2.85. The Balaban J connectivity index is 1.85. The van der Waals surface area contributed by atoms with Crippen LogP contribution in [0.5, 0.6) is 0 Å².